The molecule has 2 heteroatoms. The Labute approximate surface area is 93.0 Å². The third-order valence-electron chi connectivity index (χ3n) is 2.32. The molecule has 0 aliphatic rings. The third-order valence-corrected chi connectivity index (χ3v) is 2.32. The van der Waals surface area contributed by atoms with E-state index in [0.29, 0.717) is 6.61 Å². The summed E-state index contributed by atoms with van der Waals surface area (Å²) in [6, 6.07) is 0. The normalized spacial score (nSPS) is 12.9. The first-order valence-corrected chi connectivity index (χ1v) is 5.73. The highest BCUT2D eigenvalue weighted by Crippen LogP contribution is 2.09. The summed E-state index contributed by atoms with van der Waals surface area (Å²) in [6.45, 7) is 0.301. The van der Waals surface area contributed by atoms with Gasteiger partial charge in [0.15, 0.2) is 0 Å². The van der Waals surface area contributed by atoms with Crippen molar-refractivity contribution in [2.24, 2.45) is 0 Å². The van der Waals surface area contributed by atoms with E-state index in [-0.39, 0.29) is 0 Å². The molecule has 0 amide bonds. The second-order valence-electron chi connectivity index (χ2n) is 3.73. The van der Waals surface area contributed by atoms with Gasteiger partial charge in [0.1, 0.15) is 0 Å². The van der Waals surface area contributed by atoms with Crippen molar-refractivity contribution in [2.75, 3.05) is 6.61 Å². The van der Waals surface area contributed by atoms with Crippen LogP contribution in [0.1, 0.15) is 44.9 Å². The van der Waals surface area contributed by atoms with Gasteiger partial charge in [0.2, 0.25) is 0 Å². The average molecular weight is 210 g/mol. The molecule has 0 radical (unpaired) electrons. The number of hydrogen-bond acceptors (Lipinski definition) is 2. The molecule has 0 aromatic heterocycles. The maximum Gasteiger partial charge on any atom is 0.0730 e. The highest BCUT2D eigenvalue weighted by Gasteiger charge is 1.98. The molecule has 15 heavy (non-hydrogen) atoms. The van der Waals surface area contributed by atoms with Gasteiger partial charge in [-0.2, -0.15) is 0 Å². The number of aliphatic hydroxyl groups is 2. The molecule has 1 unspecified atom stereocenters. The zero-order valence-corrected chi connectivity index (χ0v) is 9.36. The minimum Gasteiger partial charge on any atom is -0.396 e. The van der Waals surface area contributed by atoms with Crippen molar-refractivity contribution in [2.45, 2.75) is 51.0 Å². The first-order chi connectivity index (χ1) is 7.31. The molecule has 0 saturated carbocycles. The van der Waals surface area contributed by atoms with E-state index < -0.39 is 6.10 Å². The molecular weight excluding hydrogens is 188 g/mol. The summed E-state index contributed by atoms with van der Waals surface area (Å²) in [5, 5.41) is 18.0. The molecule has 0 rings (SSSR count). The number of terminal acetylenes is 1. The standard InChI is InChI=1S/C13H22O2/c1-2-3-10-13(15)11-8-6-4-5-7-9-12-14/h1,3,10,13-15H,4-9,11-12H2. The zero-order chi connectivity index (χ0) is 11.4. The van der Waals surface area contributed by atoms with Crippen molar-refractivity contribution in [3.05, 3.63) is 12.2 Å². The molecule has 2 nitrogen and oxygen atoms in total. The van der Waals surface area contributed by atoms with E-state index in [1.807, 2.05) is 0 Å². The molecule has 1 atom stereocenters. The third kappa shape index (κ3) is 11.1. The quantitative estimate of drug-likeness (QED) is 0.452. The van der Waals surface area contributed by atoms with E-state index in [1.54, 1.807) is 12.2 Å². The molecule has 0 aromatic carbocycles. The number of allylic oxidation sites excluding steroid dienone is 1. The molecule has 0 aliphatic heterocycles. The fraction of sp³-hybridized carbons (Fsp3) is 0.692. The van der Waals surface area contributed by atoms with E-state index in [1.165, 1.54) is 12.8 Å². The van der Waals surface area contributed by atoms with Gasteiger partial charge in [-0.05, 0) is 25.0 Å². The van der Waals surface area contributed by atoms with Crippen LogP contribution in [0, 0.1) is 12.3 Å². The maximum atomic E-state index is 9.41. The second kappa shape index (κ2) is 11.3. The molecule has 0 bridgehead atoms. The fourth-order valence-electron chi connectivity index (χ4n) is 1.44. The van der Waals surface area contributed by atoms with Crippen molar-refractivity contribution in [3.8, 4) is 12.3 Å². The van der Waals surface area contributed by atoms with Gasteiger partial charge in [0.25, 0.3) is 0 Å². The van der Waals surface area contributed by atoms with E-state index in [0.717, 1.165) is 32.1 Å². The lowest BCUT2D eigenvalue weighted by Crippen LogP contribution is -2.01. The topological polar surface area (TPSA) is 40.5 Å². The first-order valence-electron chi connectivity index (χ1n) is 5.73. The van der Waals surface area contributed by atoms with E-state index >= 15 is 0 Å². The lowest BCUT2D eigenvalue weighted by atomic mass is 10.1. The Morgan fingerprint density at radius 3 is 2.27 bits per heavy atom. The Kier molecular flexibility index (Phi) is 10.7. The minimum atomic E-state index is -0.390. The number of aliphatic hydroxyl groups excluding tert-OH is 2. The van der Waals surface area contributed by atoms with Crippen LogP contribution in [-0.2, 0) is 0 Å². The molecule has 0 aliphatic carbocycles. The smallest absolute Gasteiger partial charge is 0.0730 e. The summed E-state index contributed by atoms with van der Waals surface area (Å²) in [6.07, 6.45) is 15.2. The molecule has 0 aromatic rings. The molecular formula is C13H22O2. The SMILES string of the molecule is C#CC=CC(O)CCCCCCCCO. The van der Waals surface area contributed by atoms with Gasteiger partial charge in [-0.25, -0.2) is 0 Å². The molecule has 0 heterocycles. The van der Waals surface area contributed by atoms with Crippen LogP contribution in [0.5, 0.6) is 0 Å². The van der Waals surface area contributed by atoms with Crippen molar-refractivity contribution in [3.63, 3.8) is 0 Å². The molecule has 0 fully saturated rings. The average Bonchev–Trinajstić information content (AvgIpc) is 2.25. The summed E-state index contributed by atoms with van der Waals surface area (Å²) >= 11 is 0. The van der Waals surface area contributed by atoms with E-state index in [2.05, 4.69) is 5.92 Å². The molecule has 0 spiro atoms. The highest BCUT2D eigenvalue weighted by atomic mass is 16.3. The largest absolute Gasteiger partial charge is 0.396 e. The summed E-state index contributed by atoms with van der Waals surface area (Å²) in [4.78, 5) is 0. The van der Waals surface area contributed by atoms with Crippen LogP contribution in [0.3, 0.4) is 0 Å². The maximum absolute atomic E-state index is 9.41. The van der Waals surface area contributed by atoms with Crippen molar-refractivity contribution in [1.82, 2.24) is 0 Å². The van der Waals surface area contributed by atoms with Gasteiger partial charge in [-0.3, -0.25) is 0 Å². The van der Waals surface area contributed by atoms with Crippen LogP contribution in [0.2, 0.25) is 0 Å². The number of rotatable bonds is 9. The van der Waals surface area contributed by atoms with Gasteiger partial charge in [0, 0.05) is 6.61 Å². The van der Waals surface area contributed by atoms with Gasteiger partial charge in [0.05, 0.1) is 6.10 Å². The summed E-state index contributed by atoms with van der Waals surface area (Å²) in [7, 11) is 0. The van der Waals surface area contributed by atoms with Gasteiger partial charge < -0.3 is 10.2 Å². The monoisotopic (exact) mass is 210 g/mol. The van der Waals surface area contributed by atoms with E-state index in [9.17, 15) is 5.11 Å². The summed E-state index contributed by atoms with van der Waals surface area (Å²) in [5.41, 5.74) is 0. The van der Waals surface area contributed by atoms with Gasteiger partial charge in [-0.15, -0.1) is 6.42 Å². The predicted molar refractivity (Wildman–Crippen MR) is 63.4 cm³/mol. The van der Waals surface area contributed by atoms with Crippen molar-refractivity contribution < 1.29 is 10.2 Å². The highest BCUT2D eigenvalue weighted by molar-refractivity contribution is 5.10. The predicted octanol–water partition coefficient (Wildman–Crippen LogP) is 2.26. The van der Waals surface area contributed by atoms with Crippen LogP contribution >= 0.6 is 0 Å². The Balaban J connectivity index is 3.17. The van der Waals surface area contributed by atoms with Crippen LogP contribution in [0.4, 0.5) is 0 Å². The van der Waals surface area contributed by atoms with Crippen molar-refractivity contribution in [1.29, 1.82) is 0 Å². The second-order valence-corrected chi connectivity index (χ2v) is 3.73. The van der Waals surface area contributed by atoms with Crippen LogP contribution in [-0.4, -0.2) is 22.9 Å². The Bertz CT molecular complexity index is 191. The van der Waals surface area contributed by atoms with Gasteiger partial charge in [-0.1, -0.05) is 38.0 Å². The zero-order valence-electron chi connectivity index (χ0n) is 9.36. The van der Waals surface area contributed by atoms with Crippen LogP contribution < -0.4 is 0 Å². The Morgan fingerprint density at radius 1 is 1.07 bits per heavy atom. The Morgan fingerprint density at radius 2 is 1.67 bits per heavy atom. The van der Waals surface area contributed by atoms with E-state index in [4.69, 9.17) is 11.5 Å². The molecule has 2 N–H and O–H groups in total. The first kappa shape index (κ1) is 14.2. The fourth-order valence-corrected chi connectivity index (χ4v) is 1.44. The van der Waals surface area contributed by atoms with Crippen LogP contribution in [0.25, 0.3) is 0 Å². The summed E-state index contributed by atoms with van der Waals surface area (Å²) < 4.78 is 0. The minimum absolute atomic E-state index is 0.301. The lowest BCUT2D eigenvalue weighted by Gasteiger charge is -2.04. The van der Waals surface area contributed by atoms with Crippen LogP contribution in [0.15, 0.2) is 12.2 Å². The molecule has 0 saturated heterocycles. The van der Waals surface area contributed by atoms with Crippen molar-refractivity contribution >= 4 is 0 Å². The van der Waals surface area contributed by atoms with Gasteiger partial charge >= 0.3 is 0 Å². The summed E-state index contributed by atoms with van der Waals surface area (Å²) in [5.74, 6) is 2.36. The lowest BCUT2D eigenvalue weighted by molar-refractivity contribution is 0.208. The Hall–Kier alpha value is -0.780. The number of unbranched alkanes of at least 4 members (excludes halogenated alkanes) is 5. The molecule has 86 valence electrons. The number of hydrogen-bond donors (Lipinski definition) is 2.